The number of carboxylic acids is 2. The maximum absolute atomic E-state index is 15.5. The van der Waals surface area contributed by atoms with E-state index in [2.05, 4.69) is 47.3 Å². The van der Waals surface area contributed by atoms with Crippen LogP contribution < -0.4 is 0 Å². The lowest BCUT2D eigenvalue weighted by Crippen LogP contribution is -2.67. The molecule has 24 atom stereocenters. The summed E-state index contributed by atoms with van der Waals surface area (Å²) in [6.45, 7) is 12.9. The molecule has 14 N–H and O–H groups in total. The molecule has 25 nitrogen and oxygen atoms in total. The van der Waals surface area contributed by atoms with Gasteiger partial charge in [0.25, 0.3) is 0 Å². The number of ether oxygens (including phenoxy) is 7. The Balaban J connectivity index is 1.18. The number of aliphatic hydroxyl groups is 12. The predicted molar refractivity (Wildman–Crippen MR) is 267 cm³/mol. The minimum absolute atomic E-state index is 0.0700. The average Bonchev–Trinajstić information content (AvgIpc) is 1.76. The van der Waals surface area contributed by atoms with Crippen LogP contribution >= 0.6 is 0 Å². The second-order valence-electron chi connectivity index (χ2n) is 25.1. The minimum atomic E-state index is -2.16. The van der Waals surface area contributed by atoms with Gasteiger partial charge < -0.3 is 105 Å². The Morgan fingerprint density at radius 1 is 0.734 bits per heavy atom. The summed E-state index contributed by atoms with van der Waals surface area (Å²) in [5, 5.41) is 151. The molecule has 0 aromatic carbocycles. The fourth-order valence-corrected chi connectivity index (χ4v) is 14.8. The lowest BCUT2D eigenvalue weighted by molar-refractivity contribution is -0.363. The van der Waals surface area contributed by atoms with Crippen LogP contribution in [0.1, 0.15) is 112 Å². The number of carbonyl (C=O) groups is 4. The first-order valence-corrected chi connectivity index (χ1v) is 27.3. The molecule has 0 spiro atoms. The number of rotatable bonds is 19. The van der Waals surface area contributed by atoms with Gasteiger partial charge >= 0.3 is 23.9 Å². The van der Waals surface area contributed by atoms with Crippen molar-refractivity contribution < 1.29 is 124 Å². The van der Waals surface area contributed by atoms with Gasteiger partial charge in [-0.1, -0.05) is 52.8 Å². The molecule has 3 saturated heterocycles. The van der Waals surface area contributed by atoms with Crippen molar-refractivity contribution in [2.75, 3.05) is 26.4 Å². The Bertz CT molecular complexity index is 2260. The van der Waals surface area contributed by atoms with E-state index >= 15 is 4.79 Å². The van der Waals surface area contributed by atoms with Gasteiger partial charge in [0.05, 0.1) is 37.8 Å². The number of hydrogen-bond donors (Lipinski definition) is 14. The number of carbonyl (C=O) groups excluding carboxylic acids is 2. The van der Waals surface area contributed by atoms with Gasteiger partial charge in [-0.3, -0.25) is 14.4 Å². The molecule has 3 heterocycles. The van der Waals surface area contributed by atoms with Crippen molar-refractivity contribution >= 4 is 23.9 Å². The van der Waals surface area contributed by atoms with Gasteiger partial charge in [-0.25, -0.2) is 4.79 Å². The molecule has 7 rings (SSSR count). The molecule has 7 aliphatic rings. The monoisotopic (exact) mass is 1130 g/mol. The van der Waals surface area contributed by atoms with Gasteiger partial charge in [0.1, 0.15) is 85.3 Å². The number of fused-ring (bicyclic) bond motifs is 5. The van der Waals surface area contributed by atoms with E-state index in [1.165, 1.54) is 0 Å². The molecule has 0 bridgehead atoms. The number of carboxylic acid groups (broad SMARTS) is 2. The largest absolute Gasteiger partial charge is 0.481 e. The Labute approximate surface area is 457 Å². The van der Waals surface area contributed by atoms with E-state index < -0.39 is 194 Å². The summed E-state index contributed by atoms with van der Waals surface area (Å²) in [5.74, 6) is -5.77. The van der Waals surface area contributed by atoms with Crippen LogP contribution in [0.5, 0.6) is 0 Å². The zero-order valence-corrected chi connectivity index (χ0v) is 45.6. The highest BCUT2D eigenvalue weighted by atomic mass is 16.8. The van der Waals surface area contributed by atoms with Gasteiger partial charge in [0, 0.05) is 12.2 Å². The van der Waals surface area contributed by atoms with Gasteiger partial charge in [0.15, 0.2) is 12.6 Å². The normalized spacial score (nSPS) is 45.5. The third-order valence-corrected chi connectivity index (χ3v) is 19.5. The van der Waals surface area contributed by atoms with E-state index in [4.69, 9.17) is 38.3 Å². The van der Waals surface area contributed by atoms with Crippen LogP contribution in [0.25, 0.3) is 0 Å². The third kappa shape index (κ3) is 11.8. The molecule has 3 saturated carbocycles. The summed E-state index contributed by atoms with van der Waals surface area (Å²) in [6.07, 6.45) is -26.2. The maximum atomic E-state index is 15.5. The van der Waals surface area contributed by atoms with Crippen LogP contribution in [0.4, 0.5) is 0 Å². The fraction of sp³-hybridized carbons (Fsp3) is 0.852. The third-order valence-electron chi connectivity index (χ3n) is 19.5. The first-order chi connectivity index (χ1) is 36.7. The van der Waals surface area contributed by atoms with Crippen LogP contribution in [0.3, 0.4) is 0 Å². The number of hydrogen-bond acceptors (Lipinski definition) is 23. The van der Waals surface area contributed by atoms with E-state index in [1.807, 2.05) is 0 Å². The van der Waals surface area contributed by atoms with Gasteiger partial charge in [-0.05, 0) is 104 Å². The number of esters is 2. The van der Waals surface area contributed by atoms with E-state index in [0.29, 0.717) is 44.9 Å². The molecule has 0 unspecified atom stereocenters. The minimum Gasteiger partial charge on any atom is -0.481 e. The number of allylic oxidation sites excluding steroid dienone is 2. The summed E-state index contributed by atoms with van der Waals surface area (Å²) >= 11 is 0. The molecule has 0 aromatic heterocycles. The second-order valence-corrected chi connectivity index (χ2v) is 25.1. The smallest absolute Gasteiger partial charge is 0.331 e. The lowest BCUT2D eigenvalue weighted by Gasteiger charge is -2.69. The van der Waals surface area contributed by atoms with Crippen molar-refractivity contribution in [2.45, 2.75) is 216 Å². The van der Waals surface area contributed by atoms with Crippen molar-refractivity contribution in [1.82, 2.24) is 0 Å². The molecule has 0 radical (unpaired) electrons. The molecular formula is C54H84O25. The van der Waals surface area contributed by atoms with Crippen LogP contribution in [0, 0.1) is 44.8 Å². The van der Waals surface area contributed by atoms with E-state index in [0.717, 1.165) is 12.5 Å². The molecule has 0 amide bonds. The molecule has 3 aliphatic heterocycles. The van der Waals surface area contributed by atoms with Crippen LogP contribution in [0.2, 0.25) is 0 Å². The number of aliphatic hydroxyl groups excluding tert-OH is 11. The molecule has 0 aromatic rings. The zero-order valence-electron chi connectivity index (χ0n) is 45.6. The molecular weight excluding hydrogens is 1050 g/mol. The Morgan fingerprint density at radius 2 is 1.34 bits per heavy atom. The Morgan fingerprint density at radius 3 is 1.96 bits per heavy atom. The molecule has 6 fully saturated rings. The SMILES string of the molecule is C=C(C(=O)O)[C@H]1CC[C@@]2(C)[C@@H](CC=C3[C@H]4CC(C)(C)CC[C@@]4(C(=O)O[C@H]4O[C@@H](CO[C@H]5O[C@@H](COC(=O)C[C@@](C)(O)CC(=O)O)[C@H](O)[C@@H](O)[C@@H]5O)[C@H](O)[C@@H](O[C@H]5O[C@@H](CO)[C@H](O)[C@@H](O)[C@@H]5O)[C@@H]4O)[C@@H](O)C[C@]32C)[C@]1(C)CCCO. The highest BCUT2D eigenvalue weighted by molar-refractivity contribution is 5.86. The lowest BCUT2D eigenvalue weighted by atomic mass is 9.35. The van der Waals surface area contributed by atoms with E-state index in [-0.39, 0.29) is 36.4 Å². The van der Waals surface area contributed by atoms with Crippen LogP contribution in [-0.2, 0) is 52.3 Å². The highest BCUT2D eigenvalue weighted by Gasteiger charge is 2.71. The fourth-order valence-electron chi connectivity index (χ4n) is 14.8. The van der Waals surface area contributed by atoms with Crippen LogP contribution in [-0.4, -0.2) is 226 Å². The Hall–Kier alpha value is -3.32. The second kappa shape index (κ2) is 23.7. The quantitative estimate of drug-likeness (QED) is 0.0398. The maximum Gasteiger partial charge on any atom is 0.331 e. The standard InChI is InChI=1S/C54H84O25/c1-24(44(69)70)25-11-13-52(6)31(51(25,5)12-8-16-55)10-9-26-27-17-49(2,3)14-15-54(27,32(57)18-53(26,52)7)48(71)79-47-42(68)43(78-46-41(67)38(64)35(61)28(21-56)75-46)37(63)30(77-47)23-74-45-40(66)39(65)36(62)29(76-45)22-73-34(60)20-50(4,72)19-33(58)59/h9,25,27-32,35-43,45-47,55-57,61-68,72H,1,8,10-23H2,2-7H3,(H,58,59)(H,69,70)/t25-,27-,28+,29+,30+,31+,32+,35+,36+,37+,38-,39-,40+,41+,42+,43-,45+,46-,47-,50+,51-,52+,53-,54+/m1/s1. The van der Waals surface area contributed by atoms with Crippen molar-refractivity contribution in [2.24, 2.45) is 44.8 Å². The van der Waals surface area contributed by atoms with Gasteiger partial charge in [-0.2, -0.15) is 0 Å². The molecule has 450 valence electrons. The zero-order chi connectivity index (χ0) is 58.7. The van der Waals surface area contributed by atoms with Crippen molar-refractivity contribution in [3.8, 4) is 0 Å². The van der Waals surface area contributed by atoms with Crippen molar-refractivity contribution in [1.29, 1.82) is 0 Å². The van der Waals surface area contributed by atoms with Crippen molar-refractivity contribution in [3.05, 3.63) is 23.8 Å². The van der Waals surface area contributed by atoms with Crippen molar-refractivity contribution in [3.63, 3.8) is 0 Å². The van der Waals surface area contributed by atoms with Gasteiger partial charge in [-0.15, -0.1) is 0 Å². The Kier molecular flexibility index (Phi) is 19.0. The summed E-state index contributed by atoms with van der Waals surface area (Å²) in [5.41, 5.74) is -4.97. The summed E-state index contributed by atoms with van der Waals surface area (Å²) in [7, 11) is 0. The number of aliphatic carboxylic acids is 2. The summed E-state index contributed by atoms with van der Waals surface area (Å²) in [6, 6.07) is 0. The van der Waals surface area contributed by atoms with Crippen LogP contribution in [0.15, 0.2) is 23.8 Å². The van der Waals surface area contributed by atoms with E-state index in [9.17, 15) is 80.8 Å². The highest BCUT2D eigenvalue weighted by Crippen LogP contribution is 2.74. The molecule has 25 heteroatoms. The first-order valence-electron chi connectivity index (χ1n) is 27.3. The predicted octanol–water partition coefficient (Wildman–Crippen LogP) is -1.49. The van der Waals surface area contributed by atoms with Gasteiger partial charge in [0.2, 0.25) is 6.29 Å². The summed E-state index contributed by atoms with van der Waals surface area (Å²) in [4.78, 5) is 51.6. The summed E-state index contributed by atoms with van der Waals surface area (Å²) < 4.78 is 40.3. The average molecular weight is 1130 g/mol. The molecule has 4 aliphatic carbocycles. The molecule has 79 heavy (non-hydrogen) atoms. The van der Waals surface area contributed by atoms with E-state index in [1.54, 1.807) is 0 Å². The topological polar surface area (TPSA) is 416 Å². The first kappa shape index (κ1) is 63.3.